The summed E-state index contributed by atoms with van der Waals surface area (Å²) in [6.07, 6.45) is 9.64. The van der Waals surface area contributed by atoms with Gasteiger partial charge in [-0.2, -0.15) is 0 Å². The number of aliphatic imine (C=N–C) groups is 1. The van der Waals surface area contributed by atoms with E-state index >= 15 is 0 Å². The standard InChI is InChI=1S/C22H33N5O2/c1-3-5-6-15-14-27-17(23-15)16-18(26(13-4-2)20(27)28)25-19(24-16)21-7-10-22(29,11-8-21)12-9-21/h15,29H,3-14H2,1-2H3,(H,24,25)/t15-,21?,22?/m1/s1. The Hall–Kier alpha value is -1.89. The van der Waals surface area contributed by atoms with Gasteiger partial charge in [0.1, 0.15) is 11.5 Å². The summed E-state index contributed by atoms with van der Waals surface area (Å²) >= 11 is 0. The molecule has 7 nitrogen and oxygen atoms in total. The third-order valence-electron chi connectivity index (χ3n) is 7.63. The maximum absolute atomic E-state index is 13.2. The van der Waals surface area contributed by atoms with E-state index in [0.717, 1.165) is 87.4 Å². The SMILES string of the molecule is CCCC[C@@H]1CN2C(=O)N(CCC)c3nc(C45CCC(O)(CC4)CC5)[nH]c3C2=N1. The molecule has 158 valence electrons. The van der Waals surface area contributed by atoms with Gasteiger partial charge in [0.05, 0.1) is 18.2 Å². The van der Waals surface area contributed by atoms with Crippen LogP contribution in [-0.4, -0.2) is 56.6 Å². The van der Waals surface area contributed by atoms with Crippen LogP contribution in [0.2, 0.25) is 0 Å². The third-order valence-corrected chi connectivity index (χ3v) is 7.63. The maximum atomic E-state index is 13.2. The Balaban J connectivity index is 1.53. The second-order valence-electron chi connectivity index (χ2n) is 9.58. The Morgan fingerprint density at radius 1 is 1.14 bits per heavy atom. The summed E-state index contributed by atoms with van der Waals surface area (Å²) in [6.45, 7) is 5.64. The van der Waals surface area contributed by atoms with Crippen LogP contribution in [-0.2, 0) is 5.41 Å². The van der Waals surface area contributed by atoms with Crippen molar-refractivity contribution in [1.82, 2.24) is 14.9 Å². The molecule has 2 bridgehead atoms. The van der Waals surface area contributed by atoms with Crippen molar-refractivity contribution in [3.63, 3.8) is 0 Å². The summed E-state index contributed by atoms with van der Waals surface area (Å²) in [4.78, 5) is 30.5. The van der Waals surface area contributed by atoms with Gasteiger partial charge in [-0.25, -0.2) is 9.78 Å². The maximum Gasteiger partial charge on any atom is 0.331 e. The van der Waals surface area contributed by atoms with Crippen LogP contribution in [0.4, 0.5) is 10.6 Å². The predicted molar refractivity (Wildman–Crippen MR) is 113 cm³/mol. The molecule has 3 fully saturated rings. The number of aromatic amines is 1. The minimum atomic E-state index is -0.461. The molecule has 7 heteroatoms. The number of amides is 2. The molecule has 1 aromatic heterocycles. The zero-order chi connectivity index (χ0) is 20.2. The minimum Gasteiger partial charge on any atom is -0.390 e. The number of aromatic nitrogens is 2. The van der Waals surface area contributed by atoms with E-state index in [1.165, 1.54) is 0 Å². The molecule has 0 aromatic carbocycles. The van der Waals surface area contributed by atoms with Gasteiger partial charge in [0.25, 0.3) is 0 Å². The number of hydrogen-bond donors (Lipinski definition) is 2. The molecule has 1 atom stereocenters. The van der Waals surface area contributed by atoms with Gasteiger partial charge in [0.15, 0.2) is 11.7 Å². The summed E-state index contributed by atoms with van der Waals surface area (Å²) in [7, 11) is 0. The van der Waals surface area contributed by atoms with Crippen molar-refractivity contribution in [1.29, 1.82) is 0 Å². The molecule has 2 aliphatic heterocycles. The molecule has 2 N–H and O–H groups in total. The number of carbonyl (C=O) groups excluding carboxylic acids is 1. The summed E-state index contributed by atoms with van der Waals surface area (Å²) in [5.41, 5.74) is 0.471. The average molecular weight is 400 g/mol. The molecule has 3 saturated carbocycles. The Morgan fingerprint density at radius 3 is 2.52 bits per heavy atom. The quantitative estimate of drug-likeness (QED) is 0.765. The number of anilines is 1. The van der Waals surface area contributed by atoms with Crippen LogP contribution in [0.1, 0.15) is 89.6 Å². The highest BCUT2D eigenvalue weighted by Crippen LogP contribution is 2.53. The van der Waals surface area contributed by atoms with Crippen molar-refractivity contribution in [2.45, 2.75) is 95.1 Å². The first-order valence-corrected chi connectivity index (χ1v) is 11.5. The highest BCUT2D eigenvalue weighted by molar-refractivity contribution is 6.18. The van der Waals surface area contributed by atoms with Crippen molar-refractivity contribution < 1.29 is 9.90 Å². The molecule has 5 aliphatic rings. The van der Waals surface area contributed by atoms with E-state index in [-0.39, 0.29) is 17.5 Å². The molecule has 6 rings (SSSR count). The topological polar surface area (TPSA) is 84.8 Å². The van der Waals surface area contributed by atoms with Crippen LogP contribution in [0, 0.1) is 0 Å². The fourth-order valence-corrected chi connectivity index (χ4v) is 5.69. The Kier molecular flexibility index (Phi) is 4.49. The first-order chi connectivity index (χ1) is 14.0. The lowest BCUT2D eigenvalue weighted by atomic mass is 9.58. The highest BCUT2D eigenvalue weighted by atomic mass is 16.3. The predicted octanol–water partition coefficient (Wildman–Crippen LogP) is 3.72. The van der Waals surface area contributed by atoms with Crippen LogP contribution in [0.15, 0.2) is 4.99 Å². The molecule has 0 spiro atoms. The molecular formula is C22H33N5O2. The fourth-order valence-electron chi connectivity index (χ4n) is 5.69. The van der Waals surface area contributed by atoms with Crippen LogP contribution in [0.3, 0.4) is 0 Å². The number of nitrogens with one attached hydrogen (secondary N) is 1. The molecule has 0 radical (unpaired) electrons. The van der Waals surface area contributed by atoms with E-state index in [9.17, 15) is 9.90 Å². The van der Waals surface area contributed by atoms with E-state index < -0.39 is 5.60 Å². The zero-order valence-corrected chi connectivity index (χ0v) is 17.7. The fraction of sp³-hybridized carbons (Fsp3) is 0.773. The van der Waals surface area contributed by atoms with E-state index in [1.807, 2.05) is 9.80 Å². The van der Waals surface area contributed by atoms with Crippen molar-refractivity contribution in [2.75, 3.05) is 18.0 Å². The van der Waals surface area contributed by atoms with Gasteiger partial charge >= 0.3 is 6.03 Å². The Bertz CT molecular complexity index is 820. The molecule has 0 unspecified atom stereocenters. The highest BCUT2D eigenvalue weighted by Gasteiger charge is 2.51. The molecule has 2 amide bonds. The van der Waals surface area contributed by atoms with Gasteiger partial charge in [0.2, 0.25) is 0 Å². The molecule has 3 heterocycles. The van der Waals surface area contributed by atoms with Crippen LogP contribution in [0.5, 0.6) is 0 Å². The second kappa shape index (κ2) is 6.83. The molecular weight excluding hydrogens is 366 g/mol. The first-order valence-electron chi connectivity index (χ1n) is 11.5. The molecule has 29 heavy (non-hydrogen) atoms. The van der Waals surface area contributed by atoms with Crippen molar-refractivity contribution in [2.24, 2.45) is 4.99 Å². The summed E-state index contributed by atoms with van der Waals surface area (Å²) < 4.78 is 0. The van der Waals surface area contributed by atoms with Crippen molar-refractivity contribution in [3.8, 4) is 0 Å². The molecule has 0 saturated heterocycles. The normalized spacial score (nSPS) is 33.1. The van der Waals surface area contributed by atoms with Crippen LogP contribution < -0.4 is 4.90 Å². The number of aliphatic hydroxyl groups is 1. The summed E-state index contributed by atoms with van der Waals surface area (Å²) in [5.74, 6) is 2.55. The molecule has 3 aliphatic carbocycles. The lowest BCUT2D eigenvalue weighted by molar-refractivity contribution is -0.0678. The third kappa shape index (κ3) is 2.92. The van der Waals surface area contributed by atoms with E-state index in [1.54, 1.807) is 0 Å². The van der Waals surface area contributed by atoms with Gasteiger partial charge in [0, 0.05) is 12.0 Å². The number of nitrogens with zero attached hydrogens (tertiary/aromatic N) is 4. The minimum absolute atomic E-state index is 0.00829. The van der Waals surface area contributed by atoms with Crippen LogP contribution in [0.25, 0.3) is 0 Å². The average Bonchev–Trinajstić information content (AvgIpc) is 3.35. The summed E-state index contributed by atoms with van der Waals surface area (Å²) in [5, 5.41) is 10.6. The van der Waals surface area contributed by atoms with E-state index in [0.29, 0.717) is 13.1 Å². The zero-order valence-electron chi connectivity index (χ0n) is 17.7. The second-order valence-corrected chi connectivity index (χ2v) is 9.58. The summed E-state index contributed by atoms with van der Waals surface area (Å²) in [6, 6.07) is 0.210. The van der Waals surface area contributed by atoms with E-state index in [2.05, 4.69) is 18.8 Å². The number of carbonyl (C=O) groups is 1. The number of H-pyrrole nitrogens is 1. The molecule has 1 aromatic rings. The van der Waals surface area contributed by atoms with Crippen LogP contribution >= 0.6 is 0 Å². The Morgan fingerprint density at radius 2 is 1.86 bits per heavy atom. The largest absolute Gasteiger partial charge is 0.390 e. The van der Waals surface area contributed by atoms with Gasteiger partial charge in [-0.1, -0.05) is 26.7 Å². The van der Waals surface area contributed by atoms with Gasteiger partial charge < -0.3 is 10.1 Å². The number of rotatable bonds is 6. The number of hydrogen-bond acceptors (Lipinski definition) is 4. The number of amidine groups is 1. The van der Waals surface area contributed by atoms with E-state index in [4.69, 9.17) is 9.98 Å². The lowest BCUT2D eigenvalue weighted by Gasteiger charge is -2.49. The Labute approximate surface area is 172 Å². The first kappa shape index (κ1) is 19.1. The monoisotopic (exact) mass is 399 g/mol. The number of unbranched alkanes of at least 4 members (excludes halogenated alkanes) is 1. The van der Waals surface area contributed by atoms with Gasteiger partial charge in [-0.05, 0) is 51.4 Å². The smallest absolute Gasteiger partial charge is 0.331 e. The number of urea groups is 1. The lowest BCUT2D eigenvalue weighted by Crippen LogP contribution is -2.50. The van der Waals surface area contributed by atoms with Gasteiger partial charge in [-0.3, -0.25) is 14.8 Å². The van der Waals surface area contributed by atoms with Gasteiger partial charge in [-0.15, -0.1) is 0 Å². The number of fused-ring (bicyclic) bond motifs is 6. The number of imidazole rings is 1. The van der Waals surface area contributed by atoms with Crippen molar-refractivity contribution >= 4 is 17.7 Å². The van der Waals surface area contributed by atoms with Crippen molar-refractivity contribution in [3.05, 3.63) is 11.5 Å².